The molecule has 108 valence electrons. The highest BCUT2D eigenvalue weighted by molar-refractivity contribution is 6.30. The van der Waals surface area contributed by atoms with Gasteiger partial charge in [0.15, 0.2) is 0 Å². The molecule has 0 bridgehead atoms. The molecule has 2 aromatic rings. The molecule has 2 nitrogen and oxygen atoms in total. The first-order chi connectivity index (χ1) is 10.2. The van der Waals surface area contributed by atoms with Gasteiger partial charge in [0.25, 0.3) is 0 Å². The molecule has 0 spiro atoms. The van der Waals surface area contributed by atoms with Gasteiger partial charge in [-0.25, -0.2) is 4.39 Å². The summed E-state index contributed by atoms with van der Waals surface area (Å²) in [5.74, 6) is 5.93. The van der Waals surface area contributed by atoms with Crippen LogP contribution in [0.4, 0.5) is 4.39 Å². The average Bonchev–Trinajstić information content (AvgIpc) is 2.50. The van der Waals surface area contributed by atoms with Gasteiger partial charge < -0.3 is 9.84 Å². The van der Waals surface area contributed by atoms with E-state index in [-0.39, 0.29) is 18.2 Å². The van der Waals surface area contributed by atoms with Gasteiger partial charge in [0.1, 0.15) is 18.2 Å². The summed E-state index contributed by atoms with van der Waals surface area (Å²) in [4.78, 5) is 0. The molecule has 21 heavy (non-hydrogen) atoms. The fourth-order valence-electron chi connectivity index (χ4n) is 1.68. The molecule has 0 aromatic heterocycles. The normalized spacial score (nSPS) is 9.86. The average molecular weight is 305 g/mol. The Hall–Kier alpha value is -2.02. The van der Waals surface area contributed by atoms with E-state index in [9.17, 15) is 4.39 Å². The summed E-state index contributed by atoms with van der Waals surface area (Å²) < 4.78 is 19.2. The van der Waals surface area contributed by atoms with Gasteiger partial charge >= 0.3 is 0 Å². The summed E-state index contributed by atoms with van der Waals surface area (Å²) in [5, 5.41) is 8.73. The molecule has 1 N–H and O–H groups in total. The molecule has 0 saturated heterocycles. The first kappa shape index (κ1) is 15.4. The summed E-state index contributed by atoms with van der Waals surface area (Å²) in [6.45, 7) is 0.168. The van der Waals surface area contributed by atoms with Gasteiger partial charge in [0.2, 0.25) is 0 Å². The molecule has 0 atom stereocenters. The van der Waals surface area contributed by atoms with Crippen molar-refractivity contribution in [2.45, 2.75) is 13.0 Å². The highest BCUT2D eigenvalue weighted by Crippen LogP contribution is 2.20. The lowest BCUT2D eigenvalue weighted by molar-refractivity contribution is 0.300. The number of halogens is 2. The molecular formula is C17H14ClFO2. The Morgan fingerprint density at radius 3 is 2.62 bits per heavy atom. The number of aliphatic hydroxyl groups is 1. The van der Waals surface area contributed by atoms with Gasteiger partial charge in [0.05, 0.1) is 11.6 Å². The maximum Gasteiger partial charge on any atom is 0.148 e. The van der Waals surface area contributed by atoms with E-state index >= 15 is 0 Å². The summed E-state index contributed by atoms with van der Waals surface area (Å²) in [6, 6.07) is 12.0. The molecule has 0 heterocycles. The molecule has 0 radical (unpaired) electrons. The van der Waals surface area contributed by atoms with Crippen LogP contribution in [0.25, 0.3) is 0 Å². The molecule has 0 aliphatic carbocycles. The minimum Gasteiger partial charge on any atom is -0.489 e. The lowest BCUT2D eigenvalue weighted by atomic mass is 10.2. The highest BCUT2D eigenvalue weighted by atomic mass is 35.5. The van der Waals surface area contributed by atoms with E-state index in [0.717, 1.165) is 5.56 Å². The van der Waals surface area contributed by atoms with Crippen molar-refractivity contribution >= 4 is 11.6 Å². The number of ether oxygens (including phenoxy) is 1. The summed E-state index contributed by atoms with van der Waals surface area (Å²) in [6.07, 6.45) is 0.451. The van der Waals surface area contributed by atoms with Crippen LogP contribution in [0.2, 0.25) is 5.02 Å². The number of benzene rings is 2. The molecule has 0 unspecified atom stereocenters. The Bertz CT molecular complexity index is 657. The van der Waals surface area contributed by atoms with E-state index in [4.69, 9.17) is 21.4 Å². The van der Waals surface area contributed by atoms with Gasteiger partial charge in [-0.1, -0.05) is 35.6 Å². The van der Waals surface area contributed by atoms with E-state index < -0.39 is 5.82 Å². The zero-order valence-electron chi connectivity index (χ0n) is 11.3. The summed E-state index contributed by atoms with van der Waals surface area (Å²) >= 11 is 5.71. The first-order valence-corrected chi connectivity index (χ1v) is 6.84. The number of aliphatic hydroxyl groups excluding tert-OH is 1. The van der Waals surface area contributed by atoms with Crippen LogP contribution in [0.1, 0.15) is 17.5 Å². The minimum atomic E-state index is -0.453. The van der Waals surface area contributed by atoms with Gasteiger partial charge in [-0.15, -0.1) is 0 Å². The van der Waals surface area contributed by atoms with E-state index in [1.165, 1.54) is 6.07 Å². The van der Waals surface area contributed by atoms with E-state index in [0.29, 0.717) is 17.7 Å². The lowest BCUT2D eigenvalue weighted by Crippen LogP contribution is -1.98. The molecule has 0 aliphatic rings. The third-order valence-corrected chi connectivity index (χ3v) is 3.04. The Labute approximate surface area is 128 Å². The Kier molecular flexibility index (Phi) is 5.62. The number of hydrogen-bond acceptors (Lipinski definition) is 2. The van der Waals surface area contributed by atoms with Crippen molar-refractivity contribution in [3.8, 4) is 17.6 Å². The SMILES string of the molecule is OCCC#Cc1ccc(OCc2cccc(Cl)c2F)cc1. The molecule has 0 fully saturated rings. The van der Waals surface area contributed by atoms with Gasteiger partial charge in [0, 0.05) is 17.5 Å². The summed E-state index contributed by atoms with van der Waals surface area (Å²) in [5.41, 5.74) is 1.25. The van der Waals surface area contributed by atoms with Gasteiger partial charge in [-0.3, -0.25) is 0 Å². The second-order valence-electron chi connectivity index (χ2n) is 4.30. The summed E-state index contributed by atoms with van der Waals surface area (Å²) in [7, 11) is 0. The minimum absolute atomic E-state index is 0.0550. The van der Waals surface area contributed by atoms with Crippen LogP contribution in [-0.2, 0) is 6.61 Å². The maximum absolute atomic E-state index is 13.7. The van der Waals surface area contributed by atoms with Crippen molar-refractivity contribution in [1.82, 2.24) is 0 Å². The predicted octanol–water partition coefficient (Wildman–Crippen LogP) is 3.79. The van der Waals surface area contributed by atoms with Crippen molar-refractivity contribution in [3.05, 3.63) is 64.4 Å². The molecular weight excluding hydrogens is 291 g/mol. The van der Waals surface area contributed by atoms with E-state index in [2.05, 4.69) is 11.8 Å². The molecule has 2 rings (SSSR count). The van der Waals surface area contributed by atoms with Crippen molar-refractivity contribution in [2.24, 2.45) is 0 Å². The maximum atomic E-state index is 13.7. The second kappa shape index (κ2) is 7.68. The topological polar surface area (TPSA) is 29.5 Å². The standard InChI is InChI=1S/C17H14ClFO2/c18-16-6-3-5-14(17(16)19)12-21-15-9-7-13(8-10-15)4-1-2-11-20/h3,5-10,20H,2,11-12H2. The molecule has 2 aromatic carbocycles. The molecule has 0 amide bonds. The van der Waals surface area contributed by atoms with Crippen LogP contribution in [0.15, 0.2) is 42.5 Å². The van der Waals surface area contributed by atoms with Crippen molar-refractivity contribution in [3.63, 3.8) is 0 Å². The van der Waals surface area contributed by atoms with Crippen LogP contribution >= 0.6 is 11.6 Å². The fraction of sp³-hybridized carbons (Fsp3) is 0.176. The van der Waals surface area contributed by atoms with Crippen molar-refractivity contribution in [1.29, 1.82) is 0 Å². The van der Waals surface area contributed by atoms with Crippen LogP contribution < -0.4 is 4.74 Å². The third kappa shape index (κ3) is 4.49. The zero-order chi connectivity index (χ0) is 15.1. The van der Waals surface area contributed by atoms with E-state index in [1.54, 1.807) is 24.3 Å². The van der Waals surface area contributed by atoms with Crippen molar-refractivity contribution < 1.29 is 14.2 Å². The third-order valence-electron chi connectivity index (χ3n) is 2.75. The molecule has 4 heteroatoms. The fourth-order valence-corrected chi connectivity index (χ4v) is 1.87. The van der Waals surface area contributed by atoms with Gasteiger partial charge in [-0.2, -0.15) is 0 Å². The zero-order valence-corrected chi connectivity index (χ0v) is 12.0. The van der Waals surface area contributed by atoms with Crippen LogP contribution in [0, 0.1) is 17.7 Å². The number of hydrogen-bond donors (Lipinski definition) is 1. The number of rotatable bonds is 4. The monoisotopic (exact) mass is 304 g/mol. The second-order valence-corrected chi connectivity index (χ2v) is 4.71. The van der Waals surface area contributed by atoms with Crippen LogP contribution in [-0.4, -0.2) is 11.7 Å². The lowest BCUT2D eigenvalue weighted by Gasteiger charge is -2.07. The van der Waals surface area contributed by atoms with Crippen molar-refractivity contribution in [2.75, 3.05) is 6.61 Å². The predicted molar refractivity (Wildman–Crippen MR) is 80.8 cm³/mol. The molecule has 0 saturated carbocycles. The first-order valence-electron chi connectivity index (χ1n) is 6.46. The van der Waals surface area contributed by atoms with Gasteiger partial charge in [-0.05, 0) is 30.3 Å². The van der Waals surface area contributed by atoms with E-state index in [1.807, 2.05) is 12.1 Å². The smallest absolute Gasteiger partial charge is 0.148 e. The Morgan fingerprint density at radius 2 is 1.90 bits per heavy atom. The van der Waals surface area contributed by atoms with Crippen LogP contribution in [0.3, 0.4) is 0 Å². The molecule has 0 aliphatic heterocycles. The Morgan fingerprint density at radius 1 is 1.14 bits per heavy atom. The quantitative estimate of drug-likeness (QED) is 0.871. The van der Waals surface area contributed by atoms with Crippen LogP contribution in [0.5, 0.6) is 5.75 Å². The Balaban J connectivity index is 1.98. The largest absolute Gasteiger partial charge is 0.489 e. The highest BCUT2D eigenvalue weighted by Gasteiger charge is 2.06.